The van der Waals surface area contributed by atoms with Crippen LogP contribution >= 0.6 is 22.6 Å². The maximum Gasteiger partial charge on any atom is 0.324 e. The maximum atomic E-state index is 12.8. The summed E-state index contributed by atoms with van der Waals surface area (Å²) < 4.78 is 24.3. The summed E-state index contributed by atoms with van der Waals surface area (Å²) in [4.78, 5) is 12.8. The summed E-state index contributed by atoms with van der Waals surface area (Å²) >= 11 is 2.37. The zero-order chi connectivity index (χ0) is 24.2. The summed E-state index contributed by atoms with van der Waals surface area (Å²) in [6, 6.07) is 7.49. The second-order valence-corrected chi connectivity index (χ2v) is 12.0. The van der Waals surface area contributed by atoms with E-state index in [0.717, 1.165) is 15.7 Å². The van der Waals surface area contributed by atoms with Gasteiger partial charge in [0.15, 0.2) is 5.79 Å². The summed E-state index contributed by atoms with van der Waals surface area (Å²) in [5.41, 5.74) is 0.146. The lowest BCUT2D eigenvalue weighted by Crippen LogP contribution is -2.50. The molecule has 7 heteroatoms. The highest BCUT2D eigenvalue weighted by atomic mass is 127. The quantitative estimate of drug-likeness (QED) is 0.277. The molecule has 0 bridgehead atoms. The highest BCUT2D eigenvalue weighted by Gasteiger charge is 2.40. The van der Waals surface area contributed by atoms with Gasteiger partial charge in [-0.2, -0.15) is 0 Å². The van der Waals surface area contributed by atoms with Crippen LogP contribution in [0.2, 0.25) is 0 Å². The van der Waals surface area contributed by atoms with Crippen LogP contribution in [-0.4, -0.2) is 53.2 Å². The summed E-state index contributed by atoms with van der Waals surface area (Å²) in [6.45, 7) is 17.4. The van der Waals surface area contributed by atoms with Gasteiger partial charge in [0, 0.05) is 9.97 Å². The lowest BCUT2D eigenvalue weighted by atomic mass is 9.93. The molecule has 1 atom stereocenters. The van der Waals surface area contributed by atoms with Crippen LogP contribution in [0.3, 0.4) is 0 Å². The minimum absolute atomic E-state index is 0.160. The van der Waals surface area contributed by atoms with Crippen molar-refractivity contribution in [3.8, 4) is 5.75 Å². The fourth-order valence-electron chi connectivity index (χ4n) is 3.22. The Labute approximate surface area is 207 Å². The maximum absolute atomic E-state index is 12.8. The van der Waals surface area contributed by atoms with Crippen molar-refractivity contribution in [2.75, 3.05) is 24.2 Å². The number of rotatable bonds is 8. The Morgan fingerprint density at radius 2 is 1.66 bits per heavy atom. The number of hydrogen-bond donors (Lipinski definition) is 1. The molecule has 0 aromatic heterocycles. The number of alkyl halides is 1. The summed E-state index contributed by atoms with van der Waals surface area (Å²) in [7, 11) is 0. The van der Waals surface area contributed by atoms with Gasteiger partial charge in [0.1, 0.15) is 17.4 Å². The smallest absolute Gasteiger partial charge is 0.324 e. The molecule has 6 nitrogen and oxygen atoms in total. The SMILES string of the molecule is CC(C)(C)N[C@@H](Cc1ccc(OCC2(CI)COC(C)(C)OC2)cc1)C(=O)OC(C)(C)C. The molecule has 1 aromatic carbocycles. The van der Waals surface area contributed by atoms with Crippen LogP contribution in [0.15, 0.2) is 24.3 Å². The largest absolute Gasteiger partial charge is 0.493 e. The highest BCUT2D eigenvalue weighted by molar-refractivity contribution is 14.1. The van der Waals surface area contributed by atoms with Gasteiger partial charge in [0.2, 0.25) is 0 Å². The summed E-state index contributed by atoms with van der Waals surface area (Å²) in [6.07, 6.45) is 0.543. The fraction of sp³-hybridized carbons (Fsp3) is 0.720. The number of ether oxygens (including phenoxy) is 4. The fourth-order valence-corrected chi connectivity index (χ4v) is 3.88. The molecule has 1 aromatic rings. The van der Waals surface area contributed by atoms with Crippen molar-refractivity contribution in [2.45, 2.75) is 84.8 Å². The van der Waals surface area contributed by atoms with Gasteiger partial charge in [-0.25, -0.2) is 0 Å². The van der Waals surface area contributed by atoms with Crippen LogP contribution in [0.5, 0.6) is 5.75 Å². The molecule has 182 valence electrons. The average Bonchev–Trinajstić information content (AvgIpc) is 2.66. The van der Waals surface area contributed by atoms with E-state index in [9.17, 15) is 4.79 Å². The third-order valence-electron chi connectivity index (χ3n) is 4.94. The molecule has 1 aliphatic heterocycles. The van der Waals surface area contributed by atoms with E-state index in [1.54, 1.807) is 0 Å². The molecule has 0 spiro atoms. The van der Waals surface area contributed by atoms with E-state index in [-0.39, 0.29) is 16.9 Å². The minimum Gasteiger partial charge on any atom is -0.493 e. The van der Waals surface area contributed by atoms with Crippen molar-refractivity contribution in [3.05, 3.63) is 29.8 Å². The van der Waals surface area contributed by atoms with Crippen molar-refractivity contribution < 1.29 is 23.7 Å². The van der Waals surface area contributed by atoms with Crippen molar-refractivity contribution in [2.24, 2.45) is 5.41 Å². The predicted molar refractivity (Wildman–Crippen MR) is 135 cm³/mol. The van der Waals surface area contributed by atoms with Crippen LogP contribution in [0.4, 0.5) is 0 Å². The molecule has 1 saturated heterocycles. The number of carbonyl (C=O) groups is 1. The monoisotopic (exact) mass is 561 g/mol. The molecule has 32 heavy (non-hydrogen) atoms. The second kappa shape index (κ2) is 10.6. The van der Waals surface area contributed by atoms with E-state index >= 15 is 0 Å². The first kappa shape index (κ1) is 27.3. The molecule has 0 saturated carbocycles. The Balaban J connectivity index is 2.01. The van der Waals surface area contributed by atoms with Gasteiger partial charge < -0.3 is 18.9 Å². The predicted octanol–water partition coefficient (Wildman–Crippen LogP) is 4.91. The Morgan fingerprint density at radius 1 is 1.09 bits per heavy atom. The molecule has 0 radical (unpaired) electrons. The highest BCUT2D eigenvalue weighted by Crippen LogP contribution is 2.32. The van der Waals surface area contributed by atoms with Crippen LogP contribution in [-0.2, 0) is 25.4 Å². The average molecular weight is 562 g/mol. The normalized spacial score (nSPS) is 19.3. The van der Waals surface area contributed by atoms with Gasteiger partial charge in [-0.1, -0.05) is 34.7 Å². The topological polar surface area (TPSA) is 66.0 Å². The van der Waals surface area contributed by atoms with Crippen LogP contribution in [0, 0.1) is 5.41 Å². The Morgan fingerprint density at radius 3 is 2.12 bits per heavy atom. The first-order chi connectivity index (χ1) is 14.6. The van der Waals surface area contributed by atoms with Crippen molar-refractivity contribution >= 4 is 28.6 Å². The summed E-state index contributed by atoms with van der Waals surface area (Å²) in [5.74, 6) is 0.0142. The lowest BCUT2D eigenvalue weighted by molar-refractivity contribution is -0.284. The summed E-state index contributed by atoms with van der Waals surface area (Å²) in [5, 5.41) is 3.39. The number of esters is 1. The van der Waals surface area contributed by atoms with E-state index in [1.165, 1.54) is 0 Å². The number of halogens is 1. The minimum atomic E-state index is -0.539. The number of benzene rings is 1. The van der Waals surface area contributed by atoms with Crippen molar-refractivity contribution in [1.29, 1.82) is 0 Å². The third-order valence-corrected chi connectivity index (χ3v) is 6.56. The number of carbonyl (C=O) groups excluding carboxylic acids is 1. The van der Waals surface area contributed by atoms with E-state index < -0.39 is 17.4 Å². The molecule has 1 fully saturated rings. The van der Waals surface area contributed by atoms with Crippen LogP contribution < -0.4 is 10.1 Å². The van der Waals surface area contributed by atoms with Crippen molar-refractivity contribution in [1.82, 2.24) is 5.32 Å². The molecule has 1 N–H and O–H groups in total. The molecule has 0 amide bonds. The Hall–Kier alpha value is -0.900. The van der Waals surface area contributed by atoms with Crippen LogP contribution in [0.1, 0.15) is 61.0 Å². The lowest BCUT2D eigenvalue weighted by Gasteiger charge is -2.42. The zero-order valence-electron chi connectivity index (χ0n) is 20.8. The Bertz CT molecular complexity index is 739. The van der Waals surface area contributed by atoms with E-state index in [4.69, 9.17) is 18.9 Å². The third kappa shape index (κ3) is 9.15. The molecule has 2 rings (SSSR count). The van der Waals surface area contributed by atoms with E-state index in [1.807, 2.05) is 79.7 Å². The molecule has 1 heterocycles. The van der Waals surface area contributed by atoms with Gasteiger partial charge in [-0.05, 0) is 79.5 Å². The van der Waals surface area contributed by atoms with Crippen molar-refractivity contribution in [3.63, 3.8) is 0 Å². The zero-order valence-corrected chi connectivity index (χ0v) is 23.0. The number of nitrogens with one attached hydrogen (secondary N) is 1. The molecular weight excluding hydrogens is 521 g/mol. The van der Waals surface area contributed by atoms with E-state index in [2.05, 4.69) is 27.9 Å². The molecule has 1 aliphatic rings. The first-order valence-corrected chi connectivity index (χ1v) is 12.7. The Kier molecular flexibility index (Phi) is 9.03. The molecule has 0 aliphatic carbocycles. The standard InChI is InChI=1S/C25H40INO5/c1-22(2,3)27-20(21(28)32-23(4,5)6)13-18-9-11-19(12-10-18)29-15-25(14-26)16-30-24(7,8)31-17-25/h9-12,20,27H,13-17H2,1-8H3/t20-/m0/s1. The van der Waals surface area contributed by atoms with Gasteiger partial charge in [-0.3, -0.25) is 10.1 Å². The van der Waals surface area contributed by atoms with Gasteiger partial charge in [-0.15, -0.1) is 0 Å². The van der Waals surface area contributed by atoms with Gasteiger partial charge in [0.05, 0.1) is 25.2 Å². The van der Waals surface area contributed by atoms with Gasteiger partial charge in [0.25, 0.3) is 0 Å². The van der Waals surface area contributed by atoms with E-state index in [0.29, 0.717) is 26.2 Å². The van der Waals surface area contributed by atoms with Crippen LogP contribution in [0.25, 0.3) is 0 Å². The second-order valence-electron chi connectivity index (χ2n) is 11.2. The first-order valence-electron chi connectivity index (χ1n) is 11.2. The van der Waals surface area contributed by atoms with Gasteiger partial charge >= 0.3 is 5.97 Å². The number of hydrogen-bond acceptors (Lipinski definition) is 6. The molecular formula is C25H40INO5. The molecule has 0 unspecified atom stereocenters.